The molecule has 0 unspecified atom stereocenters. The lowest BCUT2D eigenvalue weighted by Crippen LogP contribution is -2.38. The summed E-state index contributed by atoms with van der Waals surface area (Å²) in [6.45, 7) is 3.87. The van der Waals surface area contributed by atoms with Gasteiger partial charge in [0.05, 0.1) is 40.2 Å². The molecule has 0 saturated heterocycles. The number of nitrogens with zero attached hydrogens (tertiary/aromatic N) is 6. The number of aromatic nitrogens is 6. The third-order valence-corrected chi connectivity index (χ3v) is 8.09. The molecule has 2 aliphatic carbocycles. The normalized spacial score (nSPS) is 22.2. The van der Waals surface area contributed by atoms with Crippen molar-refractivity contribution < 1.29 is 19.0 Å². The van der Waals surface area contributed by atoms with Crippen LogP contribution in [0.5, 0.6) is 0 Å². The van der Waals surface area contributed by atoms with E-state index in [0.717, 1.165) is 29.8 Å². The van der Waals surface area contributed by atoms with Gasteiger partial charge in [-0.3, -0.25) is 0 Å². The largest absolute Gasteiger partial charge is 0.393 e. The van der Waals surface area contributed by atoms with Crippen LogP contribution in [0.25, 0.3) is 22.6 Å². The van der Waals surface area contributed by atoms with Crippen molar-refractivity contribution >= 4 is 0 Å². The van der Waals surface area contributed by atoms with Crippen molar-refractivity contribution in [1.29, 1.82) is 0 Å². The second kappa shape index (κ2) is 8.39. The lowest BCUT2D eigenvalue weighted by molar-refractivity contribution is 0.0886. The van der Waals surface area contributed by atoms with Crippen molar-refractivity contribution in [2.75, 3.05) is 6.61 Å². The topological polar surface area (TPSA) is 118 Å². The zero-order chi connectivity index (χ0) is 25.9. The summed E-state index contributed by atoms with van der Waals surface area (Å²) in [5, 5.41) is 27.7. The van der Waals surface area contributed by atoms with Gasteiger partial charge in [0.15, 0.2) is 11.6 Å². The van der Waals surface area contributed by atoms with Crippen molar-refractivity contribution in [3.8, 4) is 22.6 Å². The summed E-state index contributed by atoms with van der Waals surface area (Å²) in [6, 6.07) is 7.41. The van der Waals surface area contributed by atoms with Crippen molar-refractivity contribution in [2.45, 2.75) is 44.1 Å². The van der Waals surface area contributed by atoms with Crippen LogP contribution in [0.1, 0.15) is 61.5 Å². The van der Waals surface area contributed by atoms with E-state index in [2.05, 4.69) is 39.0 Å². The monoisotopic (exact) mass is 502 g/mol. The van der Waals surface area contributed by atoms with E-state index in [-0.39, 0.29) is 28.4 Å². The predicted octanol–water partition coefficient (Wildman–Crippen LogP) is 3.90. The standard InChI is InChI=1S/C27H24F2N6O2/c1-26(2)16-6-8-27(26,23-15(16)10-19(34-35-23)22-17(28)4-3-5-18(22)29)21-7-9-30-24(33-21)14-11-31-25(32-12-14)20(37)13-36/h3-5,7,9-12,16,20,36-37H,6,8,13H2,1-2H3/t16-,20+,27+/m0/s1. The first kappa shape index (κ1) is 23.6. The molecule has 2 bridgehead atoms. The van der Waals surface area contributed by atoms with Gasteiger partial charge < -0.3 is 10.2 Å². The summed E-state index contributed by atoms with van der Waals surface area (Å²) < 4.78 is 29.0. The summed E-state index contributed by atoms with van der Waals surface area (Å²) in [5.41, 5.74) is 2.22. The van der Waals surface area contributed by atoms with Crippen LogP contribution in [-0.2, 0) is 5.41 Å². The highest BCUT2D eigenvalue weighted by molar-refractivity contribution is 5.64. The molecule has 0 radical (unpaired) electrons. The van der Waals surface area contributed by atoms with Crippen LogP contribution < -0.4 is 0 Å². The van der Waals surface area contributed by atoms with E-state index in [1.807, 2.05) is 6.07 Å². The number of fused-ring (bicyclic) bond motifs is 5. The number of benzene rings is 1. The van der Waals surface area contributed by atoms with Crippen LogP contribution in [0.3, 0.4) is 0 Å². The molecule has 1 fully saturated rings. The van der Waals surface area contributed by atoms with Crippen molar-refractivity contribution in [3.05, 3.63) is 83.3 Å². The summed E-state index contributed by atoms with van der Waals surface area (Å²) in [7, 11) is 0. The molecule has 3 heterocycles. The molecule has 0 spiro atoms. The molecule has 3 aromatic heterocycles. The number of rotatable bonds is 5. The van der Waals surface area contributed by atoms with Gasteiger partial charge in [-0.25, -0.2) is 28.7 Å². The number of aliphatic hydroxyl groups excluding tert-OH is 2. The molecule has 37 heavy (non-hydrogen) atoms. The van der Waals surface area contributed by atoms with E-state index in [1.54, 1.807) is 12.3 Å². The Labute approximate surface area is 211 Å². The third kappa shape index (κ3) is 3.32. The Kier molecular flexibility index (Phi) is 5.36. The minimum absolute atomic E-state index is 0.114. The zero-order valence-corrected chi connectivity index (χ0v) is 20.2. The van der Waals surface area contributed by atoms with Gasteiger partial charge in [0.2, 0.25) is 0 Å². The summed E-state index contributed by atoms with van der Waals surface area (Å²) in [6.07, 6.45) is 5.22. The van der Waals surface area contributed by atoms with E-state index in [9.17, 15) is 13.9 Å². The van der Waals surface area contributed by atoms with Gasteiger partial charge in [-0.15, -0.1) is 5.10 Å². The fourth-order valence-corrected chi connectivity index (χ4v) is 6.20. The lowest BCUT2D eigenvalue weighted by Gasteiger charge is -2.37. The van der Waals surface area contributed by atoms with Gasteiger partial charge in [-0.05, 0) is 54.0 Å². The van der Waals surface area contributed by atoms with Gasteiger partial charge in [-0.1, -0.05) is 19.9 Å². The van der Waals surface area contributed by atoms with Crippen LogP contribution in [0, 0.1) is 17.0 Å². The zero-order valence-electron chi connectivity index (χ0n) is 20.2. The van der Waals surface area contributed by atoms with E-state index in [4.69, 9.17) is 10.1 Å². The first-order valence-electron chi connectivity index (χ1n) is 12.0. The SMILES string of the molecule is CC1(C)[C@H]2CC[C@@]1(c1ccnc(-c3cnc([C@H](O)CO)nc3)n1)c1nnc(-c3c(F)cccc3F)cc12. The molecule has 3 atom stereocenters. The number of aliphatic hydroxyl groups is 2. The molecule has 1 aromatic carbocycles. The molecule has 2 aliphatic rings. The maximum absolute atomic E-state index is 14.5. The molecule has 4 aromatic rings. The summed E-state index contributed by atoms with van der Waals surface area (Å²) in [5.74, 6) is -0.698. The highest BCUT2D eigenvalue weighted by atomic mass is 19.1. The average Bonchev–Trinajstić information content (AvgIpc) is 3.29. The first-order valence-corrected chi connectivity index (χ1v) is 12.0. The minimum atomic E-state index is -1.16. The third-order valence-electron chi connectivity index (χ3n) is 8.09. The number of hydrogen-bond donors (Lipinski definition) is 2. The second-order valence-electron chi connectivity index (χ2n) is 10.1. The van der Waals surface area contributed by atoms with E-state index in [1.165, 1.54) is 30.6 Å². The van der Waals surface area contributed by atoms with Crippen LogP contribution in [0.2, 0.25) is 0 Å². The van der Waals surface area contributed by atoms with Crippen LogP contribution in [-0.4, -0.2) is 47.0 Å². The summed E-state index contributed by atoms with van der Waals surface area (Å²) >= 11 is 0. The fourth-order valence-electron chi connectivity index (χ4n) is 6.20. The van der Waals surface area contributed by atoms with E-state index in [0.29, 0.717) is 11.4 Å². The van der Waals surface area contributed by atoms with Crippen molar-refractivity contribution in [3.63, 3.8) is 0 Å². The van der Waals surface area contributed by atoms with Gasteiger partial charge in [0, 0.05) is 18.6 Å². The molecule has 1 saturated carbocycles. The second-order valence-corrected chi connectivity index (χ2v) is 10.1. The van der Waals surface area contributed by atoms with E-state index < -0.39 is 29.8 Å². The first-order chi connectivity index (χ1) is 17.8. The van der Waals surface area contributed by atoms with Crippen molar-refractivity contribution in [2.24, 2.45) is 5.41 Å². The fraction of sp³-hybridized carbons (Fsp3) is 0.333. The molecule has 2 N–H and O–H groups in total. The Hall–Kier alpha value is -3.76. The Morgan fingerprint density at radius 2 is 1.78 bits per heavy atom. The van der Waals surface area contributed by atoms with Crippen LogP contribution in [0.4, 0.5) is 8.78 Å². The smallest absolute Gasteiger partial charge is 0.162 e. The Balaban J connectivity index is 1.45. The van der Waals surface area contributed by atoms with E-state index >= 15 is 0 Å². The Bertz CT molecular complexity index is 1490. The molecular weight excluding hydrogens is 478 g/mol. The average molecular weight is 503 g/mol. The molecular formula is C27H24F2N6O2. The highest BCUT2D eigenvalue weighted by Gasteiger charge is 2.65. The molecule has 0 amide bonds. The Morgan fingerprint density at radius 3 is 2.49 bits per heavy atom. The van der Waals surface area contributed by atoms with Crippen molar-refractivity contribution in [1.82, 2.24) is 30.1 Å². The molecule has 8 nitrogen and oxygen atoms in total. The molecule has 10 heteroatoms. The van der Waals surface area contributed by atoms with Gasteiger partial charge in [0.1, 0.15) is 17.7 Å². The van der Waals surface area contributed by atoms with Crippen LogP contribution in [0.15, 0.2) is 48.9 Å². The minimum Gasteiger partial charge on any atom is -0.393 e. The highest BCUT2D eigenvalue weighted by Crippen LogP contribution is 2.69. The molecule has 188 valence electrons. The number of hydrogen-bond acceptors (Lipinski definition) is 8. The Morgan fingerprint density at radius 1 is 1.05 bits per heavy atom. The maximum Gasteiger partial charge on any atom is 0.162 e. The van der Waals surface area contributed by atoms with Crippen LogP contribution >= 0.6 is 0 Å². The van der Waals surface area contributed by atoms with Gasteiger partial charge in [0.25, 0.3) is 0 Å². The van der Waals surface area contributed by atoms with Gasteiger partial charge in [-0.2, -0.15) is 5.10 Å². The number of halogens is 2. The lowest BCUT2D eigenvalue weighted by atomic mass is 9.66. The quantitative estimate of drug-likeness (QED) is 0.422. The predicted molar refractivity (Wildman–Crippen MR) is 129 cm³/mol. The maximum atomic E-state index is 14.5. The van der Waals surface area contributed by atoms with Gasteiger partial charge >= 0.3 is 0 Å². The summed E-state index contributed by atoms with van der Waals surface area (Å²) in [4.78, 5) is 17.6. The molecule has 0 aliphatic heterocycles. The molecule has 6 rings (SSSR count).